The summed E-state index contributed by atoms with van der Waals surface area (Å²) in [4.78, 5) is 14.3. The van der Waals surface area contributed by atoms with Gasteiger partial charge in [0.2, 0.25) is 0 Å². The molecule has 2 aliphatic heterocycles. The number of nitrogens with zero attached hydrogens (tertiary/aromatic N) is 6. The molecule has 2 fully saturated rings. The van der Waals surface area contributed by atoms with E-state index in [-0.39, 0.29) is 0 Å². The van der Waals surface area contributed by atoms with Crippen molar-refractivity contribution in [2.24, 2.45) is 0 Å². The lowest BCUT2D eigenvalue weighted by molar-refractivity contribution is 0.207. The molecule has 0 radical (unpaired) electrons. The molecule has 6 nitrogen and oxygen atoms in total. The minimum atomic E-state index is 0.546. The van der Waals surface area contributed by atoms with Crippen LogP contribution in [0.25, 0.3) is 11.3 Å². The number of rotatable bonds is 7. The van der Waals surface area contributed by atoms with Gasteiger partial charge in [-0.2, -0.15) is 10.5 Å². The molecule has 2 saturated heterocycles. The fourth-order valence-corrected chi connectivity index (χ4v) is 6.48. The van der Waals surface area contributed by atoms with E-state index in [0.717, 1.165) is 59.2 Å². The largest absolute Gasteiger partial charge is 0.355 e. The summed E-state index contributed by atoms with van der Waals surface area (Å²) in [6.07, 6.45) is 7.25. The topological polar surface area (TPSA) is 79.8 Å². The second-order valence-corrected chi connectivity index (χ2v) is 10.7. The third-order valence-corrected chi connectivity index (χ3v) is 8.58. The van der Waals surface area contributed by atoms with E-state index in [0.29, 0.717) is 29.3 Å². The first-order chi connectivity index (χ1) is 18.2. The van der Waals surface area contributed by atoms with Crippen LogP contribution in [0.1, 0.15) is 54.9 Å². The van der Waals surface area contributed by atoms with Gasteiger partial charge in [0, 0.05) is 36.6 Å². The summed E-state index contributed by atoms with van der Waals surface area (Å²) in [5, 5.41) is 20.8. The van der Waals surface area contributed by atoms with Crippen molar-refractivity contribution in [1.82, 2.24) is 14.9 Å². The lowest BCUT2D eigenvalue weighted by Gasteiger charge is -2.37. The molecule has 4 heterocycles. The highest BCUT2D eigenvalue weighted by atomic mass is 32.2. The van der Waals surface area contributed by atoms with Gasteiger partial charge in [0.1, 0.15) is 23.0 Å². The maximum Gasteiger partial charge on any atom is 0.148 e. The van der Waals surface area contributed by atoms with Crippen molar-refractivity contribution in [1.29, 1.82) is 10.5 Å². The number of aromatic nitrogens is 2. The number of benzene rings is 1. The zero-order chi connectivity index (χ0) is 25.6. The van der Waals surface area contributed by atoms with Crippen LogP contribution >= 0.6 is 11.8 Å². The first kappa shape index (κ1) is 25.3. The molecule has 0 bridgehead atoms. The molecular formula is C30H32N6S. The maximum atomic E-state index is 10.1. The minimum Gasteiger partial charge on any atom is -0.355 e. The molecule has 5 rings (SSSR count). The maximum absolute atomic E-state index is 10.1. The molecule has 2 aromatic heterocycles. The van der Waals surface area contributed by atoms with Crippen LogP contribution in [-0.2, 0) is 12.2 Å². The molecule has 3 aromatic rings. The lowest BCUT2D eigenvalue weighted by atomic mass is 9.99. The third kappa shape index (κ3) is 5.49. The van der Waals surface area contributed by atoms with Crippen LogP contribution < -0.4 is 4.90 Å². The molecule has 0 spiro atoms. The second kappa shape index (κ2) is 11.8. The predicted octanol–water partition coefficient (Wildman–Crippen LogP) is 5.81. The van der Waals surface area contributed by atoms with E-state index in [1.54, 1.807) is 18.0 Å². The van der Waals surface area contributed by atoms with E-state index in [1.807, 2.05) is 25.1 Å². The van der Waals surface area contributed by atoms with Crippen molar-refractivity contribution in [2.45, 2.75) is 55.8 Å². The average molecular weight is 509 g/mol. The lowest BCUT2D eigenvalue weighted by Crippen LogP contribution is -2.44. The highest BCUT2D eigenvalue weighted by Gasteiger charge is 2.29. The van der Waals surface area contributed by atoms with E-state index in [4.69, 9.17) is 4.98 Å². The Morgan fingerprint density at radius 2 is 1.68 bits per heavy atom. The van der Waals surface area contributed by atoms with Crippen LogP contribution in [0.5, 0.6) is 0 Å². The molecule has 0 aliphatic carbocycles. The van der Waals surface area contributed by atoms with Gasteiger partial charge in [-0.05, 0) is 68.5 Å². The summed E-state index contributed by atoms with van der Waals surface area (Å²) in [5.74, 6) is 1.46. The van der Waals surface area contributed by atoms with E-state index in [9.17, 15) is 10.5 Å². The summed E-state index contributed by atoms with van der Waals surface area (Å²) in [7, 11) is 0. The number of anilines is 1. The van der Waals surface area contributed by atoms with Crippen molar-refractivity contribution in [2.75, 3.05) is 31.1 Å². The monoisotopic (exact) mass is 508 g/mol. The molecule has 7 heteroatoms. The van der Waals surface area contributed by atoms with Crippen molar-refractivity contribution in [3.63, 3.8) is 0 Å². The van der Waals surface area contributed by atoms with Gasteiger partial charge in [0.15, 0.2) is 0 Å². The summed E-state index contributed by atoms with van der Waals surface area (Å²) in [5.41, 5.74) is 5.13. The predicted molar refractivity (Wildman–Crippen MR) is 148 cm³/mol. The molecule has 37 heavy (non-hydrogen) atoms. The summed E-state index contributed by atoms with van der Waals surface area (Å²) < 4.78 is 0. The SMILES string of the molecule is CCc1c(C#N)c(SCc2ccc(-c3ccccn3)cc2)nc(N2CCC(N3CCCC3)CC2)c1C#N. The van der Waals surface area contributed by atoms with Crippen molar-refractivity contribution < 1.29 is 0 Å². The van der Waals surface area contributed by atoms with Crippen LogP contribution in [-0.4, -0.2) is 47.1 Å². The Morgan fingerprint density at radius 3 is 2.30 bits per heavy atom. The number of nitriles is 2. The molecule has 188 valence electrons. The number of hydrogen-bond acceptors (Lipinski definition) is 7. The van der Waals surface area contributed by atoms with Gasteiger partial charge >= 0.3 is 0 Å². The number of pyridine rings is 2. The van der Waals surface area contributed by atoms with Crippen LogP contribution in [0.15, 0.2) is 53.7 Å². The first-order valence-corrected chi connectivity index (χ1v) is 14.2. The van der Waals surface area contributed by atoms with Crippen LogP contribution in [0.3, 0.4) is 0 Å². The van der Waals surface area contributed by atoms with E-state index >= 15 is 0 Å². The third-order valence-electron chi connectivity index (χ3n) is 7.54. The van der Waals surface area contributed by atoms with Gasteiger partial charge < -0.3 is 9.80 Å². The smallest absolute Gasteiger partial charge is 0.148 e. The molecule has 0 N–H and O–H groups in total. The molecule has 0 atom stereocenters. The normalized spacial score (nSPS) is 16.5. The standard InChI is InChI=1S/C30H32N6S/c1-2-25-26(19-31)29(36-17-12-24(13-18-36)35-15-5-6-16-35)34-30(27(25)20-32)37-21-22-8-10-23(11-9-22)28-7-3-4-14-33-28/h3-4,7-11,14,24H,2,5-6,12-13,15-18,21H2,1H3. The molecule has 0 saturated carbocycles. The Hall–Kier alpha value is -3.39. The van der Waals surface area contributed by atoms with Crippen molar-refractivity contribution in [3.8, 4) is 23.4 Å². The van der Waals surface area contributed by atoms with Crippen molar-refractivity contribution in [3.05, 3.63) is 70.9 Å². The first-order valence-electron chi connectivity index (χ1n) is 13.2. The Kier molecular flexibility index (Phi) is 8.04. The molecule has 0 unspecified atom stereocenters. The number of likely N-dealkylation sites (tertiary alicyclic amines) is 1. The number of thioether (sulfide) groups is 1. The Labute approximate surface area is 224 Å². The molecule has 0 amide bonds. The summed E-state index contributed by atoms with van der Waals surface area (Å²) in [6, 6.07) is 19.7. The Bertz CT molecular complexity index is 1300. The van der Waals surface area contributed by atoms with Gasteiger partial charge in [-0.25, -0.2) is 4.98 Å². The quantitative estimate of drug-likeness (QED) is 0.373. The minimum absolute atomic E-state index is 0.546. The zero-order valence-corrected chi connectivity index (χ0v) is 22.2. The van der Waals surface area contributed by atoms with Gasteiger partial charge in [-0.15, -0.1) is 11.8 Å². The zero-order valence-electron chi connectivity index (χ0n) is 21.4. The fourth-order valence-electron chi connectivity index (χ4n) is 5.52. The highest BCUT2D eigenvalue weighted by molar-refractivity contribution is 7.98. The van der Waals surface area contributed by atoms with Gasteiger partial charge in [-0.1, -0.05) is 37.3 Å². The molecule has 1 aromatic carbocycles. The van der Waals surface area contributed by atoms with Crippen LogP contribution in [0.4, 0.5) is 5.82 Å². The second-order valence-electron chi connectivity index (χ2n) is 9.71. The summed E-state index contributed by atoms with van der Waals surface area (Å²) >= 11 is 1.58. The van der Waals surface area contributed by atoms with Crippen LogP contribution in [0.2, 0.25) is 0 Å². The molecule has 2 aliphatic rings. The van der Waals surface area contributed by atoms with E-state index in [1.165, 1.54) is 25.9 Å². The summed E-state index contributed by atoms with van der Waals surface area (Å²) in [6.45, 7) is 6.25. The highest BCUT2D eigenvalue weighted by Crippen LogP contribution is 2.35. The Morgan fingerprint density at radius 1 is 0.946 bits per heavy atom. The Balaban J connectivity index is 1.36. The molecular weight excluding hydrogens is 476 g/mol. The van der Waals surface area contributed by atoms with Crippen molar-refractivity contribution >= 4 is 17.6 Å². The number of piperidine rings is 1. The van der Waals surface area contributed by atoms with Gasteiger partial charge in [0.05, 0.1) is 16.8 Å². The van der Waals surface area contributed by atoms with E-state index in [2.05, 4.69) is 51.2 Å². The average Bonchev–Trinajstić information content (AvgIpc) is 3.51. The van der Waals surface area contributed by atoms with Crippen LogP contribution in [0, 0.1) is 22.7 Å². The van der Waals surface area contributed by atoms with Gasteiger partial charge in [-0.3, -0.25) is 4.98 Å². The number of hydrogen-bond donors (Lipinski definition) is 0. The fraction of sp³-hybridized carbons (Fsp3) is 0.400. The van der Waals surface area contributed by atoms with Gasteiger partial charge in [0.25, 0.3) is 0 Å². The van der Waals surface area contributed by atoms with E-state index < -0.39 is 0 Å².